The first-order valence-corrected chi connectivity index (χ1v) is 25.1. The van der Waals surface area contributed by atoms with E-state index in [1.165, 1.54) is 60.7 Å². The van der Waals surface area contributed by atoms with E-state index in [0.29, 0.717) is 27.6 Å². The minimum atomic E-state index is -4.95. The molecule has 25 nitrogen and oxygen atoms in total. The quantitative estimate of drug-likeness (QED) is 0.0157. The summed E-state index contributed by atoms with van der Waals surface area (Å²) in [6.45, 7) is 1.59. The van der Waals surface area contributed by atoms with Crippen LogP contribution in [0.3, 0.4) is 0 Å². The van der Waals surface area contributed by atoms with Gasteiger partial charge in [-0.25, -0.2) is 4.57 Å². The van der Waals surface area contributed by atoms with Gasteiger partial charge in [-0.15, -0.1) is 0 Å². The highest BCUT2D eigenvalue weighted by Gasteiger charge is 2.30. The summed E-state index contributed by atoms with van der Waals surface area (Å²) in [4.78, 5) is 140. The monoisotopic (exact) mass is 1090 g/mol. The molecule has 0 bridgehead atoms. The minimum absolute atomic E-state index is 0.0402. The van der Waals surface area contributed by atoms with Gasteiger partial charge in [-0.2, -0.15) is 4.99 Å². The summed E-state index contributed by atoms with van der Waals surface area (Å²) >= 11 is 4.80. The van der Waals surface area contributed by atoms with Crippen molar-refractivity contribution in [3.8, 4) is 33.9 Å². The molecule has 0 saturated heterocycles. The van der Waals surface area contributed by atoms with Crippen LogP contribution in [-0.2, 0) is 44.5 Å². The smallest absolute Gasteiger partial charge is 0.508 e. The Kier molecular flexibility index (Phi) is 20.6. The molecule has 27 heteroatoms. The number of phenolic OH excluding ortho intramolecular Hbond substituents is 1. The number of nitrogens with two attached hydrogens (primary N) is 2. The number of benzene rings is 4. The molecule has 4 atom stereocenters. The van der Waals surface area contributed by atoms with E-state index in [1.54, 1.807) is 32.0 Å². The van der Waals surface area contributed by atoms with Crippen LogP contribution in [0.5, 0.6) is 11.5 Å². The van der Waals surface area contributed by atoms with Gasteiger partial charge >= 0.3 is 7.82 Å². The Hall–Kier alpha value is -8.38. The predicted octanol–water partition coefficient (Wildman–Crippen LogP) is 0.683. The third-order valence-corrected chi connectivity index (χ3v) is 11.7. The Morgan fingerprint density at radius 2 is 1.45 bits per heavy atom. The average molecular weight is 1090 g/mol. The highest BCUT2D eigenvalue weighted by molar-refractivity contribution is 7.78. The van der Waals surface area contributed by atoms with Crippen LogP contribution in [0, 0.1) is 5.92 Å². The molecule has 1 aliphatic heterocycles. The molecule has 0 fully saturated rings. The van der Waals surface area contributed by atoms with Crippen LogP contribution in [0.25, 0.3) is 33.4 Å². The topological polar surface area (TPSA) is 411 Å². The van der Waals surface area contributed by atoms with Crippen LogP contribution in [0.4, 0.5) is 5.69 Å². The first-order valence-electron chi connectivity index (χ1n) is 23.1. The van der Waals surface area contributed by atoms with Gasteiger partial charge in [0.15, 0.2) is 5.43 Å². The number of fused-ring (bicyclic) bond motifs is 2. The van der Waals surface area contributed by atoms with Gasteiger partial charge in [0.1, 0.15) is 47.0 Å². The Morgan fingerprint density at radius 3 is 2.09 bits per heavy atom. The van der Waals surface area contributed by atoms with Gasteiger partial charge in [0.05, 0.1) is 24.0 Å². The van der Waals surface area contributed by atoms with Crippen molar-refractivity contribution in [2.45, 2.75) is 70.1 Å². The number of hydrogen-bond acceptors (Lipinski definition) is 16. The number of primary amides is 2. The van der Waals surface area contributed by atoms with Gasteiger partial charge in [0.2, 0.25) is 41.4 Å². The van der Waals surface area contributed by atoms with Gasteiger partial charge in [0, 0.05) is 60.0 Å². The molecule has 0 radical (unpaired) electrons. The van der Waals surface area contributed by atoms with Crippen LogP contribution in [0.1, 0.15) is 55.5 Å². The van der Waals surface area contributed by atoms with Gasteiger partial charge in [-0.3, -0.25) is 52.9 Å². The minimum Gasteiger partial charge on any atom is -0.508 e. The van der Waals surface area contributed by atoms with Crippen LogP contribution < -0.4 is 53.3 Å². The van der Waals surface area contributed by atoms with Crippen molar-refractivity contribution in [3.05, 3.63) is 100 Å². The molecule has 0 saturated carbocycles. The number of carbonyl (C=O) groups is 8. The molecule has 0 unspecified atom stereocenters. The number of phenols is 1. The van der Waals surface area contributed by atoms with E-state index in [-0.39, 0.29) is 64.8 Å². The second kappa shape index (κ2) is 26.7. The summed E-state index contributed by atoms with van der Waals surface area (Å²) in [5.41, 5.74) is 12.2. The standard InChI is InChI=1S/C49H54N9O16PS/c1-25(2)17-36(48(68)58-38(23-59)45(51)65)56-43(64)22-53-47(67)35(13-14-41(50)62)57-49(69)37(18-26-3-8-30(9-4-26)74-75(70,71)72)55-42(63)15-16-52-46(66)34-19-27(54-24-76)5-10-31(34)44-32-11-6-28(60)20-39(32)73-40-21-29(61)7-12-33(40)44/h3-12,19-21,25,35-38,59-60H,13-18,22-23H2,1-2H3,(H2,50,62)(H2,51,65)(H,52,66)(H,53,67)(H,55,63)(H,56,64)(H,57,69)(H,58,68)(H2,70,71,72)/t35-,36-,37-,38-/m0/s1. The lowest BCUT2D eigenvalue weighted by molar-refractivity contribution is -0.134. The van der Waals surface area contributed by atoms with Crippen molar-refractivity contribution >= 4 is 89.1 Å². The van der Waals surface area contributed by atoms with E-state index in [4.69, 9.17) is 28.1 Å². The van der Waals surface area contributed by atoms with E-state index < -0.39 is 112 Å². The van der Waals surface area contributed by atoms with Crippen molar-refractivity contribution in [2.75, 3.05) is 19.7 Å². The predicted molar refractivity (Wildman–Crippen MR) is 276 cm³/mol. The van der Waals surface area contributed by atoms with Gasteiger partial charge in [0.25, 0.3) is 5.91 Å². The Bertz CT molecular complexity index is 3140. The molecule has 5 rings (SSSR count). The molecule has 8 amide bonds. The molecule has 0 aromatic heterocycles. The van der Waals surface area contributed by atoms with Gasteiger partial charge in [-0.05, 0) is 90.6 Å². The van der Waals surface area contributed by atoms with Gasteiger partial charge in [-0.1, -0.05) is 32.0 Å². The van der Waals surface area contributed by atoms with E-state index in [2.05, 4.69) is 46.6 Å². The number of isothiocyanates is 1. The zero-order valence-corrected chi connectivity index (χ0v) is 42.4. The van der Waals surface area contributed by atoms with Crippen LogP contribution in [-0.4, -0.2) is 116 Å². The molecular weight excluding hydrogens is 1030 g/mol. The number of phosphoric ester groups is 1. The number of amides is 8. The summed E-state index contributed by atoms with van der Waals surface area (Å²) in [7, 11) is -4.95. The third-order valence-electron chi connectivity index (χ3n) is 11.2. The molecule has 14 N–H and O–H groups in total. The van der Waals surface area contributed by atoms with Crippen LogP contribution in [0.15, 0.2) is 93.1 Å². The number of nitrogens with one attached hydrogen (secondary N) is 6. The largest absolute Gasteiger partial charge is 0.524 e. The second-order valence-electron chi connectivity index (χ2n) is 17.5. The number of aliphatic imine (C=N–C) groups is 1. The fourth-order valence-electron chi connectivity index (χ4n) is 7.68. The molecule has 3 aromatic rings. The van der Waals surface area contributed by atoms with Crippen molar-refractivity contribution in [2.24, 2.45) is 22.4 Å². The Labute approximate surface area is 437 Å². The molecule has 402 valence electrons. The van der Waals surface area contributed by atoms with Crippen molar-refractivity contribution in [1.82, 2.24) is 31.9 Å². The molecule has 76 heavy (non-hydrogen) atoms. The van der Waals surface area contributed by atoms with E-state index in [1.807, 2.05) is 0 Å². The normalized spacial score (nSPS) is 12.8. The summed E-state index contributed by atoms with van der Waals surface area (Å²) in [5.74, 6) is -7.47. The number of aliphatic hydroxyl groups excluding tert-OH is 1. The number of aromatic hydroxyl groups is 1. The first kappa shape index (κ1) is 58.5. The number of rotatable bonds is 26. The second-order valence-corrected chi connectivity index (χ2v) is 18.8. The van der Waals surface area contributed by atoms with Gasteiger partial charge < -0.3 is 62.5 Å². The average Bonchev–Trinajstić information content (AvgIpc) is 3.34. The first-order chi connectivity index (χ1) is 35.9. The summed E-state index contributed by atoms with van der Waals surface area (Å²) in [6, 6.07) is 12.3. The van der Waals surface area contributed by atoms with Crippen molar-refractivity contribution in [3.63, 3.8) is 0 Å². The lowest BCUT2D eigenvalue weighted by Gasteiger charge is -2.24. The number of phosphoric acid groups is 1. The maximum atomic E-state index is 14.1. The zero-order valence-electron chi connectivity index (χ0n) is 40.7. The van der Waals surface area contributed by atoms with Crippen molar-refractivity contribution < 1.29 is 71.9 Å². The fourth-order valence-corrected chi connectivity index (χ4v) is 8.18. The number of hydrogen-bond donors (Lipinski definition) is 12. The number of carbonyl (C=O) groups excluding carboxylic acids is 8. The third kappa shape index (κ3) is 17.1. The number of nitrogens with zero attached hydrogens (tertiary/aromatic N) is 1. The van der Waals surface area contributed by atoms with Crippen molar-refractivity contribution in [1.29, 1.82) is 0 Å². The highest BCUT2D eigenvalue weighted by Crippen LogP contribution is 2.43. The maximum Gasteiger partial charge on any atom is 0.524 e. The fraction of sp³-hybridized carbons (Fsp3) is 0.306. The zero-order chi connectivity index (χ0) is 55.9. The lowest BCUT2D eigenvalue weighted by atomic mass is 9.90. The number of thiocarbonyl (C=S) groups is 1. The molecule has 2 aliphatic rings. The highest BCUT2D eigenvalue weighted by atomic mass is 32.1. The Morgan fingerprint density at radius 1 is 0.776 bits per heavy atom. The van der Waals surface area contributed by atoms with Crippen LogP contribution in [0.2, 0.25) is 0 Å². The molecule has 3 aromatic carbocycles. The summed E-state index contributed by atoms with van der Waals surface area (Å²) < 4.78 is 22.0. The molecule has 0 spiro atoms. The SMILES string of the molecule is CC(C)C[C@H](NC(=O)CNC(=O)[C@H](CCC(N)=O)NC(=O)[C@H](Cc1ccc(OP(=O)(O)O)cc1)NC(=O)CCNC(=O)c1cc(N=C=S)ccc1-c1c2ccc(=O)cc-2oc2cc(O)ccc12)C(=O)N[C@@H](CO)C(N)=O. The molecular formula is C49H54N9O16PS. The Balaban J connectivity index is 1.35. The molecule has 1 heterocycles. The van der Waals surface area contributed by atoms with E-state index in [0.717, 1.165) is 0 Å². The summed E-state index contributed by atoms with van der Waals surface area (Å²) in [6.07, 6.45) is -1.53. The summed E-state index contributed by atoms with van der Waals surface area (Å²) in [5, 5.41) is 37.1. The number of aliphatic hydroxyl groups is 1. The molecule has 1 aliphatic carbocycles. The van der Waals surface area contributed by atoms with E-state index >= 15 is 0 Å². The van der Waals surface area contributed by atoms with E-state index in [9.17, 15) is 67.7 Å². The van der Waals surface area contributed by atoms with Crippen LogP contribution >= 0.6 is 20.0 Å². The maximum absolute atomic E-state index is 14.1. The lowest BCUT2D eigenvalue weighted by Crippen LogP contribution is -2.57.